The summed E-state index contributed by atoms with van der Waals surface area (Å²) in [6, 6.07) is 84.4. The van der Waals surface area contributed by atoms with E-state index in [0.29, 0.717) is 0 Å². The van der Waals surface area contributed by atoms with Crippen LogP contribution in [-0.2, 0) is 0 Å². The fourth-order valence-corrected chi connectivity index (χ4v) is 8.87. The summed E-state index contributed by atoms with van der Waals surface area (Å²) in [4.78, 5) is 0. The Morgan fingerprint density at radius 2 is 0.431 bits per heavy atom. The fourth-order valence-electron chi connectivity index (χ4n) is 8.87. The number of hydrogen-bond donors (Lipinski definition) is 0. The van der Waals surface area contributed by atoms with Gasteiger partial charge in [0.05, 0.1) is 0 Å². The molecule has 270 valence electrons. The third-order valence-corrected chi connectivity index (χ3v) is 11.9. The van der Waals surface area contributed by atoms with Crippen molar-refractivity contribution in [3.63, 3.8) is 0 Å². The second-order valence-corrected chi connectivity index (χ2v) is 15.3. The van der Waals surface area contributed by atoms with Crippen LogP contribution in [-0.4, -0.2) is 0 Å². The zero-order valence-electron chi connectivity index (χ0n) is 31.9. The summed E-state index contributed by atoms with van der Waals surface area (Å²) in [7, 11) is 0. The predicted molar refractivity (Wildman–Crippen MR) is 249 cm³/mol. The molecular weight excluding hydrogens is 697 g/mol. The highest BCUT2D eigenvalue weighted by molar-refractivity contribution is 6.21. The van der Waals surface area contributed by atoms with Crippen LogP contribution in [0.3, 0.4) is 0 Å². The number of hydrogen-bond acceptors (Lipinski definition) is 0. The molecular formula is C58H38. The fraction of sp³-hybridized carbons (Fsp3) is 0. The third kappa shape index (κ3) is 6.04. The average Bonchev–Trinajstić information content (AvgIpc) is 3.31. The van der Waals surface area contributed by atoms with Crippen molar-refractivity contribution in [2.75, 3.05) is 0 Å². The van der Waals surface area contributed by atoms with Crippen LogP contribution in [0, 0.1) is 0 Å². The first-order chi connectivity index (χ1) is 28.7. The van der Waals surface area contributed by atoms with Crippen LogP contribution in [0.4, 0.5) is 0 Å². The minimum Gasteiger partial charge on any atom is -0.0622 e. The van der Waals surface area contributed by atoms with Crippen molar-refractivity contribution >= 4 is 43.1 Å². The van der Waals surface area contributed by atoms with Gasteiger partial charge in [-0.1, -0.05) is 212 Å². The van der Waals surface area contributed by atoms with Gasteiger partial charge in [-0.2, -0.15) is 0 Å². The lowest BCUT2D eigenvalue weighted by Crippen LogP contribution is -1.91. The van der Waals surface area contributed by atoms with Gasteiger partial charge in [0.2, 0.25) is 0 Å². The summed E-state index contributed by atoms with van der Waals surface area (Å²) in [6.45, 7) is 0. The van der Waals surface area contributed by atoms with Crippen LogP contribution in [0.1, 0.15) is 0 Å². The zero-order valence-corrected chi connectivity index (χ0v) is 31.9. The Labute approximate surface area is 339 Å². The van der Waals surface area contributed by atoms with E-state index in [2.05, 4.69) is 231 Å². The van der Waals surface area contributed by atoms with E-state index in [0.717, 1.165) is 0 Å². The van der Waals surface area contributed by atoms with Gasteiger partial charge < -0.3 is 0 Å². The molecule has 0 saturated carbocycles. The van der Waals surface area contributed by atoms with Crippen molar-refractivity contribution in [1.82, 2.24) is 0 Å². The minimum atomic E-state index is 1.21. The lowest BCUT2D eigenvalue weighted by Gasteiger charge is -2.18. The van der Waals surface area contributed by atoms with Gasteiger partial charge in [0.25, 0.3) is 0 Å². The van der Waals surface area contributed by atoms with Crippen LogP contribution in [0.5, 0.6) is 0 Å². The Hall–Kier alpha value is -7.54. The van der Waals surface area contributed by atoms with Gasteiger partial charge in [-0.15, -0.1) is 0 Å². The molecule has 0 aromatic heterocycles. The molecule has 0 heteroatoms. The van der Waals surface area contributed by atoms with Crippen molar-refractivity contribution in [3.05, 3.63) is 231 Å². The second-order valence-electron chi connectivity index (χ2n) is 15.3. The molecule has 0 spiro atoms. The normalized spacial score (nSPS) is 11.4. The van der Waals surface area contributed by atoms with E-state index >= 15 is 0 Å². The summed E-state index contributed by atoms with van der Waals surface area (Å²) in [5, 5.41) is 10.1. The Morgan fingerprint density at radius 3 is 0.914 bits per heavy atom. The Morgan fingerprint density at radius 1 is 0.155 bits per heavy atom. The quantitative estimate of drug-likeness (QED) is 0.149. The topological polar surface area (TPSA) is 0 Å². The molecule has 11 rings (SSSR count). The van der Waals surface area contributed by atoms with Gasteiger partial charge in [-0.3, -0.25) is 0 Å². The van der Waals surface area contributed by atoms with Gasteiger partial charge in [0.15, 0.2) is 0 Å². The van der Waals surface area contributed by atoms with Gasteiger partial charge in [0.1, 0.15) is 0 Å². The van der Waals surface area contributed by atoms with Crippen LogP contribution in [0.15, 0.2) is 231 Å². The Kier molecular flexibility index (Phi) is 8.26. The van der Waals surface area contributed by atoms with E-state index in [9.17, 15) is 0 Å². The molecule has 0 N–H and O–H groups in total. The standard InChI is InChI=1S/C58H38/c1-2-10-39(11-3-1)48-32-33-51-38-52(35-34-50(51)37-48)58-55-16-8-6-14-53(55)57(54-15-7-9-17-56(54)58)46-29-26-44(27-30-46)42-20-18-41(19-21-42)43-22-24-45(25-23-43)49-31-28-40-12-4-5-13-47(40)36-49/h1-38H. The summed E-state index contributed by atoms with van der Waals surface area (Å²) >= 11 is 0. The monoisotopic (exact) mass is 734 g/mol. The zero-order chi connectivity index (χ0) is 38.4. The SMILES string of the molecule is c1ccc(-c2ccc3cc(-c4c5ccccc5c(-c5ccc(-c6ccc(-c7ccc(-c8ccc9ccccc9c8)cc7)cc6)cc5)c5ccccc45)ccc3c2)cc1. The average molecular weight is 735 g/mol. The molecule has 0 aliphatic heterocycles. The minimum absolute atomic E-state index is 1.21. The molecule has 11 aromatic rings. The van der Waals surface area contributed by atoms with E-state index in [1.807, 2.05) is 0 Å². The highest BCUT2D eigenvalue weighted by Crippen LogP contribution is 2.44. The molecule has 0 amide bonds. The third-order valence-electron chi connectivity index (χ3n) is 11.9. The number of rotatable bonds is 6. The molecule has 58 heavy (non-hydrogen) atoms. The van der Waals surface area contributed by atoms with Crippen molar-refractivity contribution in [1.29, 1.82) is 0 Å². The molecule has 0 aliphatic rings. The highest BCUT2D eigenvalue weighted by Gasteiger charge is 2.17. The molecule has 0 bridgehead atoms. The van der Waals surface area contributed by atoms with Gasteiger partial charge in [-0.05, 0) is 128 Å². The van der Waals surface area contributed by atoms with Crippen molar-refractivity contribution in [2.24, 2.45) is 0 Å². The smallest absolute Gasteiger partial charge is 0.00262 e. The van der Waals surface area contributed by atoms with Crippen LogP contribution in [0.25, 0.3) is 110 Å². The van der Waals surface area contributed by atoms with E-state index < -0.39 is 0 Å². The highest BCUT2D eigenvalue weighted by atomic mass is 14.2. The first-order valence-corrected chi connectivity index (χ1v) is 20.1. The van der Waals surface area contributed by atoms with Crippen LogP contribution < -0.4 is 0 Å². The number of fused-ring (bicyclic) bond motifs is 4. The maximum Gasteiger partial charge on any atom is -0.00262 e. The molecule has 0 saturated heterocycles. The summed E-state index contributed by atoms with van der Waals surface area (Å²) in [5.41, 5.74) is 14.8. The predicted octanol–water partition coefficient (Wildman–Crippen LogP) is 16.3. The second kappa shape index (κ2) is 14.2. The Balaban J connectivity index is 0.909. The largest absolute Gasteiger partial charge is 0.0622 e. The number of benzene rings is 11. The van der Waals surface area contributed by atoms with E-state index in [1.165, 1.54) is 110 Å². The molecule has 0 heterocycles. The van der Waals surface area contributed by atoms with Crippen molar-refractivity contribution < 1.29 is 0 Å². The van der Waals surface area contributed by atoms with Crippen LogP contribution in [0.2, 0.25) is 0 Å². The first kappa shape index (κ1) is 33.8. The van der Waals surface area contributed by atoms with E-state index in [1.54, 1.807) is 0 Å². The molecule has 0 fully saturated rings. The summed E-state index contributed by atoms with van der Waals surface area (Å²) in [6.07, 6.45) is 0. The van der Waals surface area contributed by atoms with Gasteiger partial charge >= 0.3 is 0 Å². The molecule has 0 unspecified atom stereocenters. The lowest BCUT2D eigenvalue weighted by molar-refractivity contribution is 1.58. The van der Waals surface area contributed by atoms with Gasteiger partial charge in [0, 0.05) is 0 Å². The molecule has 0 nitrogen and oxygen atoms in total. The van der Waals surface area contributed by atoms with Crippen molar-refractivity contribution in [3.8, 4) is 66.8 Å². The van der Waals surface area contributed by atoms with Gasteiger partial charge in [-0.25, -0.2) is 0 Å². The van der Waals surface area contributed by atoms with E-state index in [-0.39, 0.29) is 0 Å². The van der Waals surface area contributed by atoms with E-state index in [4.69, 9.17) is 0 Å². The van der Waals surface area contributed by atoms with Crippen LogP contribution >= 0.6 is 0 Å². The first-order valence-electron chi connectivity index (χ1n) is 20.1. The lowest BCUT2D eigenvalue weighted by atomic mass is 9.85. The summed E-state index contributed by atoms with van der Waals surface area (Å²) < 4.78 is 0. The van der Waals surface area contributed by atoms with Crippen molar-refractivity contribution in [2.45, 2.75) is 0 Å². The molecule has 11 aromatic carbocycles. The molecule has 0 aliphatic carbocycles. The Bertz CT molecular complexity index is 3220. The maximum atomic E-state index is 2.36. The summed E-state index contributed by atoms with van der Waals surface area (Å²) in [5.74, 6) is 0. The maximum absolute atomic E-state index is 2.36. The molecule has 0 radical (unpaired) electrons. The molecule has 0 atom stereocenters.